The third-order valence-electron chi connectivity index (χ3n) is 6.26. The molecule has 1 aliphatic heterocycles. The molecule has 2 heterocycles. The Labute approximate surface area is 201 Å². The first kappa shape index (κ1) is 19.3. The first-order chi connectivity index (χ1) is 16.9. The molecule has 0 N–H and O–H groups in total. The molecule has 3 nitrogen and oxygen atoms in total. The maximum absolute atomic E-state index is 5.22. The highest BCUT2D eigenvalue weighted by molar-refractivity contribution is 7.99. The van der Waals surface area contributed by atoms with Crippen molar-refractivity contribution in [1.82, 2.24) is 9.97 Å². The lowest BCUT2D eigenvalue weighted by Gasteiger charge is -2.31. The van der Waals surface area contributed by atoms with Crippen molar-refractivity contribution in [3.8, 4) is 11.3 Å². The predicted molar refractivity (Wildman–Crippen MR) is 141 cm³/mol. The summed E-state index contributed by atoms with van der Waals surface area (Å²) in [5, 5.41) is 3.36. The average molecular weight is 454 g/mol. The van der Waals surface area contributed by atoms with E-state index >= 15 is 0 Å². The quantitative estimate of drug-likeness (QED) is 0.246. The highest BCUT2D eigenvalue weighted by atomic mass is 32.2. The summed E-state index contributed by atoms with van der Waals surface area (Å²) >= 11 is 1.79. The van der Waals surface area contributed by atoms with Crippen LogP contribution in [0.25, 0.3) is 32.9 Å². The molecule has 0 amide bonds. The van der Waals surface area contributed by atoms with E-state index in [9.17, 15) is 0 Å². The summed E-state index contributed by atoms with van der Waals surface area (Å²) in [4.78, 5) is 15.0. The zero-order valence-electron chi connectivity index (χ0n) is 18.2. The smallest absolute Gasteiger partial charge is 0.235 e. The fraction of sp³-hybridized carbons (Fsp3) is 0. The molecular weight excluding hydrogens is 434 g/mol. The molecule has 0 fully saturated rings. The molecule has 0 radical (unpaired) electrons. The van der Waals surface area contributed by atoms with E-state index in [1.54, 1.807) is 11.8 Å². The number of benzene rings is 5. The zero-order chi connectivity index (χ0) is 22.5. The first-order valence-corrected chi connectivity index (χ1v) is 12.1. The van der Waals surface area contributed by atoms with Crippen molar-refractivity contribution in [3.05, 3.63) is 115 Å². The second-order valence-electron chi connectivity index (χ2n) is 8.29. The molecule has 4 heteroatoms. The minimum Gasteiger partial charge on any atom is -0.277 e. The van der Waals surface area contributed by atoms with E-state index in [2.05, 4.69) is 114 Å². The van der Waals surface area contributed by atoms with Crippen molar-refractivity contribution in [2.45, 2.75) is 9.79 Å². The summed E-state index contributed by atoms with van der Waals surface area (Å²) in [6, 6.07) is 40.1. The Morgan fingerprint density at radius 2 is 1.18 bits per heavy atom. The van der Waals surface area contributed by atoms with E-state index in [-0.39, 0.29) is 0 Å². The van der Waals surface area contributed by atoms with Crippen molar-refractivity contribution in [1.29, 1.82) is 0 Å². The van der Waals surface area contributed by atoms with Crippen LogP contribution in [0.3, 0.4) is 0 Å². The van der Waals surface area contributed by atoms with Crippen molar-refractivity contribution < 1.29 is 0 Å². The van der Waals surface area contributed by atoms with E-state index in [4.69, 9.17) is 9.97 Å². The molecular formula is C30H19N3S. The SMILES string of the molecule is c1ccc(-c2nc(N3c4ccccc4Sc4ccccc43)nc3c2ccc2ccccc23)cc1. The topological polar surface area (TPSA) is 29.0 Å². The molecule has 0 aliphatic carbocycles. The van der Waals surface area contributed by atoms with Crippen LogP contribution < -0.4 is 4.90 Å². The fourth-order valence-corrected chi connectivity index (χ4v) is 5.75. The first-order valence-electron chi connectivity index (χ1n) is 11.3. The monoisotopic (exact) mass is 453 g/mol. The highest BCUT2D eigenvalue weighted by Crippen LogP contribution is 2.50. The van der Waals surface area contributed by atoms with Gasteiger partial charge in [0.1, 0.15) is 0 Å². The Morgan fingerprint density at radius 3 is 1.94 bits per heavy atom. The van der Waals surface area contributed by atoms with Crippen molar-refractivity contribution in [2.75, 3.05) is 4.90 Å². The van der Waals surface area contributed by atoms with Gasteiger partial charge in [-0.1, -0.05) is 96.7 Å². The van der Waals surface area contributed by atoms with Gasteiger partial charge >= 0.3 is 0 Å². The third-order valence-corrected chi connectivity index (χ3v) is 7.39. The Bertz CT molecular complexity index is 1650. The fourth-order valence-electron chi connectivity index (χ4n) is 4.69. The summed E-state index contributed by atoms with van der Waals surface area (Å²) < 4.78 is 0. The van der Waals surface area contributed by atoms with Gasteiger partial charge in [-0.05, 0) is 35.7 Å². The van der Waals surface area contributed by atoms with E-state index in [0.717, 1.165) is 38.9 Å². The van der Waals surface area contributed by atoms with Gasteiger partial charge in [-0.15, -0.1) is 0 Å². The molecule has 0 atom stereocenters. The Kier molecular flexibility index (Phi) is 4.39. The van der Waals surface area contributed by atoms with Crippen molar-refractivity contribution >= 4 is 50.8 Å². The molecule has 0 spiro atoms. The van der Waals surface area contributed by atoms with Crippen LogP contribution in [-0.4, -0.2) is 9.97 Å². The largest absolute Gasteiger partial charge is 0.277 e. The molecule has 34 heavy (non-hydrogen) atoms. The van der Waals surface area contributed by atoms with E-state index in [0.29, 0.717) is 5.95 Å². The molecule has 1 aliphatic rings. The summed E-state index contributed by atoms with van der Waals surface area (Å²) in [6.45, 7) is 0. The van der Waals surface area contributed by atoms with Crippen LogP contribution in [0.1, 0.15) is 0 Å². The Hall–Kier alpha value is -4.15. The molecule has 7 rings (SSSR count). The molecule has 6 aromatic rings. The third kappa shape index (κ3) is 3.00. The summed E-state index contributed by atoms with van der Waals surface area (Å²) in [6.07, 6.45) is 0. The standard InChI is InChI=1S/C30H19N3S/c1-2-11-21(12-3-1)28-23-19-18-20-10-4-5-13-22(20)29(23)32-30(31-28)33-24-14-6-8-16-26(24)34-27-17-9-7-15-25(27)33/h1-19H. The van der Waals surface area contributed by atoms with Gasteiger partial charge in [-0.3, -0.25) is 4.90 Å². The van der Waals surface area contributed by atoms with Gasteiger partial charge in [0.2, 0.25) is 5.95 Å². The lowest BCUT2D eigenvalue weighted by atomic mass is 10.0. The van der Waals surface area contributed by atoms with Crippen LogP contribution in [0, 0.1) is 0 Å². The second-order valence-corrected chi connectivity index (χ2v) is 9.38. The molecule has 0 saturated heterocycles. The van der Waals surface area contributed by atoms with Gasteiger partial charge in [0.05, 0.1) is 22.6 Å². The normalized spacial score (nSPS) is 12.5. The number of nitrogens with zero attached hydrogens (tertiary/aromatic N) is 3. The minimum absolute atomic E-state index is 0.683. The van der Waals surface area contributed by atoms with E-state index in [1.807, 2.05) is 6.07 Å². The number of aromatic nitrogens is 2. The maximum Gasteiger partial charge on any atom is 0.235 e. The van der Waals surface area contributed by atoms with Crippen molar-refractivity contribution in [3.63, 3.8) is 0 Å². The number of fused-ring (bicyclic) bond motifs is 5. The van der Waals surface area contributed by atoms with Gasteiger partial charge < -0.3 is 0 Å². The van der Waals surface area contributed by atoms with E-state index in [1.165, 1.54) is 15.2 Å². The Morgan fingerprint density at radius 1 is 0.529 bits per heavy atom. The average Bonchev–Trinajstić information content (AvgIpc) is 2.91. The highest BCUT2D eigenvalue weighted by Gasteiger charge is 2.27. The van der Waals surface area contributed by atoms with Crippen molar-refractivity contribution in [2.24, 2.45) is 0 Å². The van der Waals surface area contributed by atoms with Gasteiger partial charge in [0, 0.05) is 26.1 Å². The van der Waals surface area contributed by atoms with Gasteiger partial charge in [-0.25, -0.2) is 9.97 Å². The predicted octanol–water partition coefficient (Wildman–Crippen LogP) is 8.38. The number of hydrogen-bond donors (Lipinski definition) is 0. The van der Waals surface area contributed by atoms with Crippen LogP contribution in [0.4, 0.5) is 17.3 Å². The molecule has 160 valence electrons. The van der Waals surface area contributed by atoms with Gasteiger partial charge in [0.25, 0.3) is 0 Å². The van der Waals surface area contributed by atoms with Crippen LogP contribution in [0.5, 0.6) is 0 Å². The van der Waals surface area contributed by atoms with Crippen LogP contribution in [-0.2, 0) is 0 Å². The summed E-state index contributed by atoms with van der Waals surface area (Å²) in [5.41, 5.74) is 5.20. The minimum atomic E-state index is 0.683. The molecule has 0 bridgehead atoms. The van der Waals surface area contributed by atoms with Crippen LogP contribution >= 0.6 is 11.8 Å². The zero-order valence-corrected chi connectivity index (χ0v) is 19.0. The van der Waals surface area contributed by atoms with Crippen LogP contribution in [0.2, 0.25) is 0 Å². The maximum atomic E-state index is 5.22. The molecule has 5 aromatic carbocycles. The molecule has 1 aromatic heterocycles. The Balaban J connectivity index is 1.59. The number of rotatable bonds is 2. The lowest BCUT2D eigenvalue weighted by molar-refractivity contribution is 1.07. The number of hydrogen-bond acceptors (Lipinski definition) is 4. The second kappa shape index (κ2) is 7.72. The van der Waals surface area contributed by atoms with E-state index < -0.39 is 0 Å². The summed E-state index contributed by atoms with van der Waals surface area (Å²) in [7, 11) is 0. The van der Waals surface area contributed by atoms with Gasteiger partial charge in [0.15, 0.2) is 0 Å². The number of para-hydroxylation sites is 2. The number of anilines is 3. The lowest BCUT2D eigenvalue weighted by Crippen LogP contribution is -2.17. The van der Waals surface area contributed by atoms with Gasteiger partial charge in [-0.2, -0.15) is 0 Å². The van der Waals surface area contributed by atoms with Crippen LogP contribution in [0.15, 0.2) is 125 Å². The molecule has 0 saturated carbocycles. The molecule has 0 unspecified atom stereocenters. The summed E-state index contributed by atoms with van der Waals surface area (Å²) in [5.74, 6) is 0.683.